The molecule has 0 spiro atoms. The van der Waals surface area contributed by atoms with Crippen LogP contribution in [0, 0.1) is 5.41 Å². The van der Waals surface area contributed by atoms with Crippen molar-refractivity contribution in [1.82, 2.24) is 25.8 Å². The maximum absolute atomic E-state index is 5.67. The van der Waals surface area contributed by atoms with Crippen LogP contribution in [0.3, 0.4) is 0 Å². The van der Waals surface area contributed by atoms with Crippen LogP contribution in [0.4, 0.5) is 0 Å². The Morgan fingerprint density at radius 3 is 2.81 bits per heavy atom. The number of aromatic nitrogens is 3. The lowest BCUT2D eigenvalue weighted by Crippen LogP contribution is -2.69. The fraction of sp³-hybridized carbons (Fsp3) is 0.588. The SMILES string of the molecule is CN=C(NCc1nc(-c2ccco2)n[nH]1)NC1CC(C)(OC)C1(C)C.I. The second-order valence-corrected chi connectivity index (χ2v) is 7.07. The summed E-state index contributed by atoms with van der Waals surface area (Å²) in [6.07, 6.45) is 2.53. The van der Waals surface area contributed by atoms with Crippen molar-refractivity contribution >= 4 is 29.9 Å². The van der Waals surface area contributed by atoms with Crippen LogP contribution in [0.1, 0.15) is 33.0 Å². The molecule has 2 heterocycles. The molecule has 26 heavy (non-hydrogen) atoms. The minimum absolute atomic E-state index is 0. The number of rotatable bonds is 5. The Morgan fingerprint density at radius 1 is 1.46 bits per heavy atom. The highest BCUT2D eigenvalue weighted by Crippen LogP contribution is 2.51. The van der Waals surface area contributed by atoms with Crippen molar-refractivity contribution in [3.63, 3.8) is 0 Å². The molecule has 9 heteroatoms. The molecular formula is C17H27IN6O2. The van der Waals surface area contributed by atoms with Crippen LogP contribution < -0.4 is 10.6 Å². The van der Waals surface area contributed by atoms with Crippen LogP contribution in [0.15, 0.2) is 27.8 Å². The highest BCUT2D eigenvalue weighted by molar-refractivity contribution is 14.0. The molecule has 0 bridgehead atoms. The van der Waals surface area contributed by atoms with Crippen molar-refractivity contribution in [1.29, 1.82) is 0 Å². The number of hydrogen-bond donors (Lipinski definition) is 3. The van der Waals surface area contributed by atoms with Crippen molar-refractivity contribution < 1.29 is 9.15 Å². The summed E-state index contributed by atoms with van der Waals surface area (Å²) >= 11 is 0. The van der Waals surface area contributed by atoms with E-state index in [-0.39, 0.29) is 41.0 Å². The van der Waals surface area contributed by atoms with Crippen molar-refractivity contribution in [2.75, 3.05) is 14.2 Å². The first-order valence-corrected chi connectivity index (χ1v) is 8.37. The van der Waals surface area contributed by atoms with Gasteiger partial charge in [-0.3, -0.25) is 10.1 Å². The topological polar surface area (TPSA) is 100 Å². The highest BCUT2D eigenvalue weighted by Gasteiger charge is 2.58. The van der Waals surface area contributed by atoms with Crippen LogP contribution >= 0.6 is 24.0 Å². The monoisotopic (exact) mass is 474 g/mol. The lowest BCUT2D eigenvalue weighted by Gasteiger charge is -2.59. The second kappa shape index (κ2) is 7.95. The molecule has 8 nitrogen and oxygen atoms in total. The summed E-state index contributed by atoms with van der Waals surface area (Å²) < 4.78 is 11.0. The van der Waals surface area contributed by atoms with Crippen LogP contribution in [0.2, 0.25) is 0 Å². The first kappa shape index (κ1) is 20.7. The zero-order valence-electron chi connectivity index (χ0n) is 15.8. The molecule has 1 saturated carbocycles. The summed E-state index contributed by atoms with van der Waals surface area (Å²) in [5.74, 6) is 2.62. The molecule has 3 N–H and O–H groups in total. The zero-order chi connectivity index (χ0) is 18.1. The molecular weight excluding hydrogens is 447 g/mol. The Labute approximate surface area is 170 Å². The number of hydrogen-bond acceptors (Lipinski definition) is 5. The van der Waals surface area contributed by atoms with Gasteiger partial charge in [0.05, 0.1) is 18.4 Å². The van der Waals surface area contributed by atoms with Gasteiger partial charge in [0.25, 0.3) is 0 Å². The Kier molecular flexibility index (Phi) is 6.33. The lowest BCUT2D eigenvalue weighted by atomic mass is 9.56. The molecule has 0 aromatic carbocycles. The van der Waals surface area contributed by atoms with Gasteiger partial charge >= 0.3 is 0 Å². The van der Waals surface area contributed by atoms with E-state index in [0.717, 1.165) is 12.4 Å². The average Bonchev–Trinajstić information content (AvgIpc) is 3.28. The van der Waals surface area contributed by atoms with Crippen molar-refractivity contribution in [2.45, 2.75) is 45.4 Å². The normalized spacial score (nSPS) is 24.5. The molecule has 2 atom stereocenters. The Bertz CT molecular complexity index is 742. The third-order valence-electron chi connectivity index (χ3n) is 5.51. The maximum Gasteiger partial charge on any atom is 0.216 e. The Hall–Kier alpha value is -1.62. The van der Waals surface area contributed by atoms with Gasteiger partial charge in [-0.05, 0) is 25.5 Å². The number of halogens is 1. The molecule has 0 amide bonds. The van der Waals surface area contributed by atoms with E-state index in [2.05, 4.69) is 51.6 Å². The van der Waals surface area contributed by atoms with E-state index in [0.29, 0.717) is 24.0 Å². The molecule has 144 valence electrons. The number of aromatic amines is 1. The number of nitrogens with zero attached hydrogens (tertiary/aromatic N) is 3. The van der Waals surface area contributed by atoms with E-state index in [1.54, 1.807) is 20.4 Å². The summed E-state index contributed by atoms with van der Waals surface area (Å²) in [7, 11) is 3.52. The van der Waals surface area contributed by atoms with Gasteiger partial charge in [-0.15, -0.1) is 29.1 Å². The molecule has 0 radical (unpaired) electrons. The maximum atomic E-state index is 5.67. The number of methoxy groups -OCH3 is 1. The standard InChI is InChI=1S/C17H26N6O2.HI/c1-16(2)12(9-17(16,3)24-5)20-15(18-4)19-10-13-21-14(23-22-13)11-7-6-8-25-11;/h6-8,12H,9-10H2,1-5H3,(H2,18,19,20)(H,21,22,23);1H. The smallest absolute Gasteiger partial charge is 0.216 e. The molecule has 2 aromatic rings. The van der Waals surface area contributed by atoms with E-state index in [1.165, 1.54) is 0 Å². The summed E-state index contributed by atoms with van der Waals surface area (Å²) in [5.41, 5.74) is -0.107. The summed E-state index contributed by atoms with van der Waals surface area (Å²) in [4.78, 5) is 8.71. The van der Waals surface area contributed by atoms with Gasteiger partial charge in [0, 0.05) is 25.6 Å². The molecule has 2 aromatic heterocycles. The van der Waals surface area contributed by atoms with E-state index in [9.17, 15) is 0 Å². The minimum atomic E-state index is -0.119. The van der Waals surface area contributed by atoms with Gasteiger partial charge < -0.3 is 19.8 Å². The van der Waals surface area contributed by atoms with Gasteiger partial charge in [0.1, 0.15) is 5.82 Å². The summed E-state index contributed by atoms with van der Waals surface area (Å²) in [5, 5.41) is 13.8. The number of ether oxygens (including phenoxy) is 1. The number of furan rings is 1. The summed E-state index contributed by atoms with van der Waals surface area (Å²) in [6, 6.07) is 3.92. The molecule has 1 fully saturated rings. The second-order valence-electron chi connectivity index (χ2n) is 7.07. The highest BCUT2D eigenvalue weighted by atomic mass is 127. The first-order chi connectivity index (χ1) is 11.9. The molecule has 0 saturated heterocycles. The molecule has 2 unspecified atom stereocenters. The van der Waals surface area contributed by atoms with E-state index < -0.39 is 0 Å². The predicted octanol–water partition coefficient (Wildman–Crippen LogP) is 2.55. The fourth-order valence-electron chi connectivity index (χ4n) is 3.14. The lowest BCUT2D eigenvalue weighted by molar-refractivity contribution is -0.176. The predicted molar refractivity (Wildman–Crippen MR) is 110 cm³/mol. The van der Waals surface area contributed by atoms with Crippen LogP contribution in [0.25, 0.3) is 11.6 Å². The number of guanidine groups is 1. The van der Waals surface area contributed by atoms with Crippen molar-refractivity contribution in [3.8, 4) is 11.6 Å². The zero-order valence-corrected chi connectivity index (χ0v) is 18.1. The van der Waals surface area contributed by atoms with Gasteiger partial charge in [-0.2, -0.15) is 0 Å². The number of nitrogens with one attached hydrogen (secondary N) is 3. The van der Waals surface area contributed by atoms with Gasteiger partial charge in [0.2, 0.25) is 5.82 Å². The Balaban J connectivity index is 0.00000243. The van der Waals surface area contributed by atoms with Gasteiger partial charge in [-0.25, -0.2) is 4.98 Å². The van der Waals surface area contributed by atoms with E-state index in [1.807, 2.05) is 12.1 Å². The third-order valence-corrected chi connectivity index (χ3v) is 5.51. The number of H-pyrrole nitrogens is 1. The minimum Gasteiger partial charge on any atom is -0.461 e. The Morgan fingerprint density at radius 2 is 2.23 bits per heavy atom. The van der Waals surface area contributed by atoms with Crippen LogP contribution in [-0.2, 0) is 11.3 Å². The number of aliphatic imine (C=N–C) groups is 1. The largest absolute Gasteiger partial charge is 0.461 e. The first-order valence-electron chi connectivity index (χ1n) is 8.37. The van der Waals surface area contributed by atoms with E-state index >= 15 is 0 Å². The van der Waals surface area contributed by atoms with Crippen LogP contribution in [-0.4, -0.2) is 46.9 Å². The van der Waals surface area contributed by atoms with Gasteiger partial charge in [-0.1, -0.05) is 13.8 Å². The molecule has 1 aliphatic carbocycles. The average molecular weight is 474 g/mol. The van der Waals surface area contributed by atoms with Crippen molar-refractivity contribution in [2.24, 2.45) is 10.4 Å². The molecule has 1 aliphatic rings. The van der Waals surface area contributed by atoms with E-state index in [4.69, 9.17) is 9.15 Å². The molecule has 0 aliphatic heterocycles. The fourth-order valence-corrected chi connectivity index (χ4v) is 3.14. The third kappa shape index (κ3) is 3.73. The van der Waals surface area contributed by atoms with Crippen LogP contribution in [0.5, 0.6) is 0 Å². The molecule has 3 rings (SSSR count). The van der Waals surface area contributed by atoms with Gasteiger partial charge in [0.15, 0.2) is 11.7 Å². The summed E-state index contributed by atoms with van der Waals surface area (Å²) in [6.45, 7) is 7.04. The van der Waals surface area contributed by atoms with Crippen molar-refractivity contribution in [3.05, 3.63) is 24.2 Å². The quantitative estimate of drug-likeness (QED) is 0.350.